The minimum absolute atomic E-state index is 0.00835. The lowest BCUT2D eigenvalue weighted by molar-refractivity contribution is 0.00578. The molecule has 0 unspecified atom stereocenters. The maximum absolute atomic E-state index is 14.8. The number of carbonyl (C=O) groups is 2. The van der Waals surface area contributed by atoms with Crippen LogP contribution in [0.2, 0.25) is 0 Å². The van der Waals surface area contributed by atoms with Crippen molar-refractivity contribution in [1.29, 1.82) is 0 Å². The SMILES string of the molecule is CC(C)(C)OC(=O)N1CCN(C(=O)c2ccc(B3OC(C)(C)C(C)(C)O3)cc2F)CC1. The van der Waals surface area contributed by atoms with Crippen molar-refractivity contribution in [2.24, 2.45) is 0 Å². The van der Waals surface area contributed by atoms with Crippen LogP contribution < -0.4 is 5.46 Å². The van der Waals surface area contributed by atoms with Crippen LogP contribution in [0, 0.1) is 5.82 Å². The third-order valence-corrected chi connectivity index (χ3v) is 5.97. The molecule has 0 N–H and O–H groups in total. The number of ether oxygens (including phenoxy) is 1. The maximum atomic E-state index is 14.8. The van der Waals surface area contributed by atoms with Crippen LogP contribution in [-0.4, -0.2) is 71.9 Å². The van der Waals surface area contributed by atoms with Crippen molar-refractivity contribution in [2.75, 3.05) is 26.2 Å². The lowest BCUT2D eigenvalue weighted by Crippen LogP contribution is -2.51. The summed E-state index contributed by atoms with van der Waals surface area (Å²) in [4.78, 5) is 28.2. The molecule has 2 saturated heterocycles. The molecule has 0 atom stereocenters. The molecule has 1 aromatic carbocycles. The largest absolute Gasteiger partial charge is 0.494 e. The van der Waals surface area contributed by atoms with Crippen molar-refractivity contribution in [3.8, 4) is 0 Å². The second kappa shape index (κ2) is 8.09. The van der Waals surface area contributed by atoms with Gasteiger partial charge in [-0.1, -0.05) is 6.07 Å². The van der Waals surface area contributed by atoms with Crippen molar-refractivity contribution >= 4 is 24.6 Å². The molecule has 3 rings (SSSR count). The van der Waals surface area contributed by atoms with Gasteiger partial charge in [-0.25, -0.2) is 9.18 Å². The summed E-state index contributed by atoms with van der Waals surface area (Å²) in [7, 11) is -0.693. The lowest BCUT2D eigenvalue weighted by atomic mass is 9.78. The normalized spacial score (nSPS) is 20.7. The van der Waals surface area contributed by atoms with Gasteiger partial charge in [-0.15, -0.1) is 0 Å². The first-order valence-electron chi connectivity index (χ1n) is 10.6. The molecule has 7 nitrogen and oxygen atoms in total. The van der Waals surface area contributed by atoms with Crippen LogP contribution in [0.1, 0.15) is 58.8 Å². The molecule has 2 fully saturated rings. The number of nitrogens with zero attached hydrogens (tertiary/aromatic N) is 2. The number of amides is 2. The summed E-state index contributed by atoms with van der Waals surface area (Å²) in [5.41, 5.74) is -1.12. The zero-order chi connectivity index (χ0) is 23.2. The predicted molar refractivity (Wildman–Crippen MR) is 116 cm³/mol. The van der Waals surface area contributed by atoms with Crippen molar-refractivity contribution in [2.45, 2.75) is 65.3 Å². The summed E-state index contributed by atoms with van der Waals surface area (Å²) in [5, 5.41) is 0. The zero-order valence-corrected chi connectivity index (χ0v) is 19.5. The molecule has 0 aromatic heterocycles. The average Bonchev–Trinajstić information content (AvgIpc) is 2.87. The van der Waals surface area contributed by atoms with E-state index in [2.05, 4.69) is 0 Å². The van der Waals surface area contributed by atoms with E-state index in [9.17, 15) is 14.0 Å². The summed E-state index contributed by atoms with van der Waals surface area (Å²) in [6, 6.07) is 4.43. The van der Waals surface area contributed by atoms with Crippen LogP contribution in [0.4, 0.5) is 9.18 Å². The first-order chi connectivity index (χ1) is 14.2. The van der Waals surface area contributed by atoms with Crippen molar-refractivity contribution in [3.63, 3.8) is 0 Å². The zero-order valence-electron chi connectivity index (χ0n) is 19.5. The molecular weight excluding hydrogens is 402 g/mol. The van der Waals surface area contributed by atoms with Crippen LogP contribution in [0.15, 0.2) is 18.2 Å². The number of benzene rings is 1. The molecule has 0 bridgehead atoms. The lowest BCUT2D eigenvalue weighted by Gasteiger charge is -2.35. The van der Waals surface area contributed by atoms with Gasteiger partial charge < -0.3 is 23.8 Å². The van der Waals surface area contributed by atoms with E-state index in [4.69, 9.17) is 14.0 Å². The highest BCUT2D eigenvalue weighted by molar-refractivity contribution is 6.62. The Morgan fingerprint density at radius 3 is 2.00 bits per heavy atom. The van der Waals surface area contributed by atoms with Crippen LogP contribution in [0.25, 0.3) is 0 Å². The summed E-state index contributed by atoms with van der Waals surface area (Å²) in [6.45, 7) is 14.4. The fraction of sp³-hybridized carbons (Fsp3) is 0.636. The molecule has 2 amide bonds. The highest BCUT2D eigenvalue weighted by atomic mass is 19.1. The first kappa shape index (κ1) is 23.5. The van der Waals surface area contributed by atoms with E-state index in [1.54, 1.807) is 36.6 Å². The summed E-state index contributed by atoms with van der Waals surface area (Å²) in [5.74, 6) is -1.02. The maximum Gasteiger partial charge on any atom is 0.494 e. The van der Waals surface area contributed by atoms with Gasteiger partial charge in [0.25, 0.3) is 5.91 Å². The Kier molecular flexibility index (Phi) is 6.14. The third-order valence-electron chi connectivity index (χ3n) is 5.97. The Morgan fingerprint density at radius 2 is 1.52 bits per heavy atom. The van der Waals surface area contributed by atoms with Gasteiger partial charge in [0.15, 0.2) is 0 Å². The smallest absolute Gasteiger partial charge is 0.444 e. The molecule has 9 heteroatoms. The number of piperazine rings is 1. The number of hydrogen-bond donors (Lipinski definition) is 0. The molecular formula is C22H32BFN2O5. The number of carbonyl (C=O) groups excluding carboxylic acids is 2. The van der Waals surface area contributed by atoms with Gasteiger partial charge in [0.05, 0.1) is 16.8 Å². The second-order valence-corrected chi connectivity index (χ2v) is 10.1. The van der Waals surface area contributed by atoms with Gasteiger partial charge in [-0.05, 0) is 66.1 Å². The quantitative estimate of drug-likeness (QED) is 0.670. The fourth-order valence-electron chi connectivity index (χ4n) is 3.42. The molecule has 2 aliphatic rings. The Hall–Kier alpha value is -2.13. The Morgan fingerprint density at radius 1 is 1.00 bits per heavy atom. The average molecular weight is 434 g/mol. The van der Waals surface area contributed by atoms with Crippen LogP contribution in [0.5, 0.6) is 0 Å². The minimum Gasteiger partial charge on any atom is -0.444 e. The molecule has 0 saturated carbocycles. The minimum atomic E-state index is -0.693. The highest BCUT2D eigenvalue weighted by Crippen LogP contribution is 2.36. The van der Waals surface area contributed by atoms with Crippen LogP contribution >= 0.6 is 0 Å². The molecule has 170 valence electrons. The van der Waals surface area contributed by atoms with E-state index in [1.165, 1.54) is 12.1 Å². The molecule has 1 aromatic rings. The monoisotopic (exact) mass is 434 g/mol. The highest BCUT2D eigenvalue weighted by Gasteiger charge is 2.51. The van der Waals surface area contributed by atoms with E-state index < -0.39 is 41.7 Å². The third kappa shape index (κ3) is 5.04. The fourth-order valence-corrected chi connectivity index (χ4v) is 3.42. The van der Waals surface area contributed by atoms with E-state index in [0.29, 0.717) is 31.6 Å². The van der Waals surface area contributed by atoms with Gasteiger partial charge in [0.2, 0.25) is 0 Å². The van der Waals surface area contributed by atoms with Crippen LogP contribution in [-0.2, 0) is 14.0 Å². The standard InChI is InChI=1S/C22H32BFN2O5/c1-20(2,3)29-19(28)26-12-10-25(11-13-26)18(27)16-9-8-15(14-17(16)24)23-30-21(4,5)22(6,7)31-23/h8-9,14H,10-13H2,1-7H3. The molecule has 31 heavy (non-hydrogen) atoms. The topological polar surface area (TPSA) is 68.3 Å². The van der Waals surface area contributed by atoms with Gasteiger partial charge in [-0.3, -0.25) is 4.79 Å². The van der Waals surface area contributed by atoms with E-state index in [0.717, 1.165) is 0 Å². The Bertz CT molecular complexity index is 844. The molecule has 0 aliphatic carbocycles. The molecule has 2 heterocycles. The Labute approximate surface area is 184 Å². The predicted octanol–water partition coefficient (Wildman–Crippen LogP) is 2.82. The number of rotatable bonds is 2. The number of halogens is 1. The van der Waals surface area contributed by atoms with Crippen molar-refractivity contribution < 1.29 is 28.0 Å². The van der Waals surface area contributed by atoms with Crippen molar-refractivity contribution in [1.82, 2.24) is 9.80 Å². The molecule has 0 radical (unpaired) electrons. The van der Waals surface area contributed by atoms with E-state index in [-0.39, 0.29) is 5.56 Å². The van der Waals surface area contributed by atoms with Gasteiger partial charge in [0.1, 0.15) is 11.4 Å². The molecule has 2 aliphatic heterocycles. The summed E-state index contributed by atoms with van der Waals surface area (Å²) >= 11 is 0. The van der Waals surface area contributed by atoms with Gasteiger partial charge in [0, 0.05) is 26.2 Å². The molecule has 0 spiro atoms. The second-order valence-electron chi connectivity index (χ2n) is 10.1. The Balaban J connectivity index is 1.64. The van der Waals surface area contributed by atoms with Crippen molar-refractivity contribution in [3.05, 3.63) is 29.6 Å². The first-order valence-corrected chi connectivity index (χ1v) is 10.6. The number of hydrogen-bond acceptors (Lipinski definition) is 5. The van der Waals surface area contributed by atoms with E-state index >= 15 is 0 Å². The summed E-state index contributed by atoms with van der Waals surface area (Å²) in [6.07, 6.45) is -0.405. The van der Waals surface area contributed by atoms with Gasteiger partial charge in [-0.2, -0.15) is 0 Å². The van der Waals surface area contributed by atoms with E-state index in [1.807, 2.05) is 27.7 Å². The van der Waals surface area contributed by atoms with Crippen LogP contribution in [0.3, 0.4) is 0 Å². The summed E-state index contributed by atoms with van der Waals surface area (Å²) < 4.78 is 32.1. The van der Waals surface area contributed by atoms with Gasteiger partial charge >= 0.3 is 13.2 Å².